The Morgan fingerprint density at radius 3 is 2.53 bits per heavy atom. The quantitative estimate of drug-likeness (QED) is 0.501. The fourth-order valence-electron chi connectivity index (χ4n) is 4.06. The zero-order valence-electron chi connectivity index (χ0n) is 19.0. The molecule has 3 N–H and O–H groups in total. The molecule has 4 amide bonds. The van der Waals surface area contributed by atoms with Crippen molar-refractivity contribution in [2.45, 2.75) is 25.8 Å². The van der Waals surface area contributed by atoms with Gasteiger partial charge in [0, 0.05) is 60.4 Å². The topological polar surface area (TPSA) is 97.5 Å². The van der Waals surface area contributed by atoms with E-state index in [2.05, 4.69) is 21.7 Å². The summed E-state index contributed by atoms with van der Waals surface area (Å²) in [5.41, 5.74) is 2.77. The second kappa shape index (κ2) is 10.6. The first-order valence-electron chi connectivity index (χ1n) is 11.4. The maximum absolute atomic E-state index is 12.7. The highest BCUT2D eigenvalue weighted by Crippen LogP contribution is 2.19. The first kappa shape index (κ1) is 23.6. The highest BCUT2D eigenvalue weighted by Gasteiger charge is 2.26. The van der Waals surface area contributed by atoms with Crippen molar-refractivity contribution in [2.75, 3.05) is 31.5 Å². The van der Waals surface area contributed by atoms with Gasteiger partial charge in [0.15, 0.2) is 0 Å². The molecule has 9 heteroatoms. The van der Waals surface area contributed by atoms with Crippen LogP contribution in [0.5, 0.6) is 0 Å². The molecule has 2 heterocycles. The van der Waals surface area contributed by atoms with E-state index in [1.165, 1.54) is 0 Å². The summed E-state index contributed by atoms with van der Waals surface area (Å²) in [5, 5.41) is 7.12. The number of carbonyl (C=O) groups is 3. The number of aryl methyl sites for hydroxylation is 1. The molecule has 3 aromatic rings. The third-order valence-corrected chi connectivity index (χ3v) is 6.26. The Hall–Kier alpha value is -3.52. The van der Waals surface area contributed by atoms with Crippen LogP contribution in [0.3, 0.4) is 0 Å². The number of piperazine rings is 1. The van der Waals surface area contributed by atoms with Gasteiger partial charge in [-0.1, -0.05) is 35.9 Å². The summed E-state index contributed by atoms with van der Waals surface area (Å²) < 4.78 is 0. The van der Waals surface area contributed by atoms with Crippen LogP contribution in [0.15, 0.2) is 54.7 Å². The molecule has 2 aromatic carbocycles. The van der Waals surface area contributed by atoms with Gasteiger partial charge in [0.05, 0.1) is 0 Å². The first-order valence-corrected chi connectivity index (χ1v) is 11.7. The average molecular weight is 482 g/mol. The number of benzene rings is 2. The summed E-state index contributed by atoms with van der Waals surface area (Å²) in [5.74, 6) is -0.249. The van der Waals surface area contributed by atoms with Gasteiger partial charge in [-0.2, -0.15) is 0 Å². The standard InChI is InChI=1S/C25H28ClN5O3/c1-17(24(33)29-20-6-4-5-19(26)15-20)28-25(34)31-13-11-30(12-14-31)23(32)10-9-18-16-27-22-8-3-2-7-21(18)22/h2-8,15-17,27H,9-14H2,1H3,(H,28,34)(H,29,33). The summed E-state index contributed by atoms with van der Waals surface area (Å²) in [6.07, 6.45) is 3.06. The van der Waals surface area contributed by atoms with Crippen molar-refractivity contribution in [1.82, 2.24) is 20.1 Å². The number of aromatic nitrogens is 1. The van der Waals surface area contributed by atoms with Gasteiger partial charge in [-0.15, -0.1) is 0 Å². The molecule has 178 valence electrons. The predicted octanol–water partition coefficient (Wildman–Crippen LogP) is 3.63. The van der Waals surface area contributed by atoms with Crippen LogP contribution in [0.4, 0.5) is 10.5 Å². The van der Waals surface area contributed by atoms with E-state index < -0.39 is 6.04 Å². The summed E-state index contributed by atoms with van der Waals surface area (Å²) in [4.78, 5) is 44.4. The van der Waals surface area contributed by atoms with Crippen molar-refractivity contribution >= 4 is 46.0 Å². The molecule has 4 rings (SSSR count). The van der Waals surface area contributed by atoms with Crippen molar-refractivity contribution in [3.8, 4) is 0 Å². The number of carbonyl (C=O) groups excluding carboxylic acids is 3. The van der Waals surface area contributed by atoms with E-state index in [4.69, 9.17) is 11.6 Å². The van der Waals surface area contributed by atoms with Crippen LogP contribution >= 0.6 is 11.6 Å². The molecule has 1 saturated heterocycles. The summed E-state index contributed by atoms with van der Waals surface area (Å²) in [6, 6.07) is 13.8. The Kier molecular flexibility index (Phi) is 7.37. The highest BCUT2D eigenvalue weighted by atomic mass is 35.5. The van der Waals surface area contributed by atoms with Gasteiger partial charge < -0.3 is 25.4 Å². The lowest BCUT2D eigenvalue weighted by molar-refractivity contribution is -0.132. The zero-order chi connectivity index (χ0) is 24.1. The van der Waals surface area contributed by atoms with Crippen LogP contribution in [-0.2, 0) is 16.0 Å². The van der Waals surface area contributed by atoms with Gasteiger partial charge in [0.25, 0.3) is 0 Å². The number of H-pyrrole nitrogens is 1. The Labute approximate surface area is 203 Å². The van der Waals surface area contributed by atoms with Crippen LogP contribution in [0.25, 0.3) is 10.9 Å². The number of para-hydroxylation sites is 1. The summed E-state index contributed by atoms with van der Waals surface area (Å²) in [6.45, 7) is 3.43. The molecule has 1 atom stereocenters. The summed E-state index contributed by atoms with van der Waals surface area (Å²) in [7, 11) is 0. The van der Waals surface area contributed by atoms with Crippen molar-refractivity contribution < 1.29 is 14.4 Å². The SMILES string of the molecule is CC(NC(=O)N1CCN(C(=O)CCc2c[nH]c3ccccc23)CC1)C(=O)Nc1cccc(Cl)c1. The smallest absolute Gasteiger partial charge is 0.318 e. The molecule has 1 fully saturated rings. The fourth-order valence-corrected chi connectivity index (χ4v) is 4.25. The highest BCUT2D eigenvalue weighted by molar-refractivity contribution is 6.30. The number of hydrogen-bond donors (Lipinski definition) is 3. The van der Waals surface area contributed by atoms with Gasteiger partial charge in [-0.3, -0.25) is 9.59 Å². The van der Waals surface area contributed by atoms with E-state index in [9.17, 15) is 14.4 Å². The van der Waals surface area contributed by atoms with E-state index in [1.54, 1.807) is 41.0 Å². The van der Waals surface area contributed by atoms with Crippen LogP contribution in [-0.4, -0.2) is 64.9 Å². The predicted molar refractivity (Wildman–Crippen MR) is 133 cm³/mol. The van der Waals surface area contributed by atoms with Gasteiger partial charge in [-0.05, 0) is 43.2 Å². The molecule has 0 bridgehead atoms. The first-order chi connectivity index (χ1) is 16.4. The van der Waals surface area contributed by atoms with Gasteiger partial charge in [0.2, 0.25) is 11.8 Å². The molecule has 0 saturated carbocycles. The third-order valence-electron chi connectivity index (χ3n) is 6.03. The molecule has 0 aliphatic carbocycles. The lowest BCUT2D eigenvalue weighted by atomic mass is 10.1. The largest absolute Gasteiger partial charge is 0.361 e. The molecule has 34 heavy (non-hydrogen) atoms. The Morgan fingerprint density at radius 2 is 1.76 bits per heavy atom. The number of fused-ring (bicyclic) bond motifs is 1. The molecule has 1 aliphatic rings. The second-order valence-corrected chi connectivity index (χ2v) is 8.83. The molecule has 0 radical (unpaired) electrons. The third kappa shape index (κ3) is 5.69. The number of aromatic amines is 1. The number of nitrogens with zero attached hydrogens (tertiary/aromatic N) is 2. The van der Waals surface area contributed by atoms with Crippen molar-refractivity contribution in [1.29, 1.82) is 0 Å². The van der Waals surface area contributed by atoms with E-state index >= 15 is 0 Å². The van der Waals surface area contributed by atoms with Crippen molar-refractivity contribution in [2.24, 2.45) is 0 Å². The second-order valence-electron chi connectivity index (χ2n) is 8.40. The van der Waals surface area contributed by atoms with E-state index in [-0.39, 0.29) is 17.8 Å². The van der Waals surface area contributed by atoms with E-state index in [0.717, 1.165) is 16.5 Å². The van der Waals surface area contributed by atoms with E-state index in [0.29, 0.717) is 49.7 Å². The number of urea groups is 1. The molecule has 1 unspecified atom stereocenters. The lowest BCUT2D eigenvalue weighted by Gasteiger charge is -2.35. The van der Waals surface area contributed by atoms with Crippen LogP contribution in [0.2, 0.25) is 5.02 Å². The van der Waals surface area contributed by atoms with Crippen molar-refractivity contribution in [3.05, 3.63) is 65.3 Å². The molecule has 0 spiro atoms. The molecule has 8 nitrogen and oxygen atoms in total. The Balaban J connectivity index is 1.21. The van der Waals surface area contributed by atoms with Gasteiger partial charge in [-0.25, -0.2) is 4.79 Å². The van der Waals surface area contributed by atoms with Gasteiger partial charge in [0.1, 0.15) is 6.04 Å². The Morgan fingerprint density at radius 1 is 1.03 bits per heavy atom. The number of nitrogens with one attached hydrogen (secondary N) is 3. The molecule has 1 aromatic heterocycles. The van der Waals surface area contributed by atoms with Crippen LogP contribution < -0.4 is 10.6 Å². The maximum atomic E-state index is 12.7. The lowest BCUT2D eigenvalue weighted by Crippen LogP contribution is -2.55. The normalized spacial score (nSPS) is 14.6. The molecular formula is C25H28ClN5O3. The van der Waals surface area contributed by atoms with Crippen LogP contribution in [0, 0.1) is 0 Å². The van der Waals surface area contributed by atoms with Crippen LogP contribution in [0.1, 0.15) is 18.9 Å². The summed E-state index contributed by atoms with van der Waals surface area (Å²) >= 11 is 5.94. The minimum absolute atomic E-state index is 0.0830. The van der Waals surface area contributed by atoms with Gasteiger partial charge >= 0.3 is 6.03 Å². The number of halogens is 1. The Bertz CT molecular complexity index is 1190. The molecular weight excluding hydrogens is 454 g/mol. The van der Waals surface area contributed by atoms with Crippen molar-refractivity contribution in [3.63, 3.8) is 0 Å². The minimum Gasteiger partial charge on any atom is -0.361 e. The average Bonchev–Trinajstić information content (AvgIpc) is 3.25. The minimum atomic E-state index is -0.720. The molecule has 1 aliphatic heterocycles. The number of anilines is 1. The monoisotopic (exact) mass is 481 g/mol. The van der Waals surface area contributed by atoms with E-state index in [1.807, 2.05) is 24.4 Å². The number of hydrogen-bond acceptors (Lipinski definition) is 3. The fraction of sp³-hybridized carbons (Fsp3) is 0.320. The maximum Gasteiger partial charge on any atom is 0.318 e. The number of rotatable bonds is 6. The zero-order valence-corrected chi connectivity index (χ0v) is 19.8. The number of amides is 4.